The molecule has 3 heteroatoms. The van der Waals surface area contributed by atoms with Crippen LogP contribution in [0.3, 0.4) is 0 Å². The standard InChI is InChI=1S/C18H17NO2/c1-13-12-18(13,17(20)21)19-16(14-8-4-2-5-9-14)15-10-6-3-7-11-15/h2-11,13H,12H2,1H3,(H,20,21). The van der Waals surface area contributed by atoms with Gasteiger partial charge in [0.25, 0.3) is 0 Å². The number of nitrogens with zero attached hydrogens (tertiary/aromatic N) is 1. The highest BCUT2D eigenvalue weighted by Gasteiger charge is 2.58. The topological polar surface area (TPSA) is 49.7 Å². The Morgan fingerprint density at radius 2 is 1.48 bits per heavy atom. The van der Waals surface area contributed by atoms with Crippen LogP contribution in [-0.2, 0) is 4.79 Å². The minimum Gasteiger partial charge on any atom is -0.479 e. The number of benzene rings is 2. The summed E-state index contributed by atoms with van der Waals surface area (Å²) in [4.78, 5) is 16.2. The van der Waals surface area contributed by atoms with Gasteiger partial charge >= 0.3 is 5.97 Å². The first-order valence-corrected chi connectivity index (χ1v) is 7.07. The van der Waals surface area contributed by atoms with Crippen LogP contribution in [0.25, 0.3) is 0 Å². The maximum atomic E-state index is 11.6. The van der Waals surface area contributed by atoms with Gasteiger partial charge in [-0.3, -0.25) is 4.99 Å². The van der Waals surface area contributed by atoms with E-state index in [2.05, 4.69) is 4.99 Å². The Balaban J connectivity index is 2.12. The van der Waals surface area contributed by atoms with Crippen molar-refractivity contribution < 1.29 is 9.90 Å². The third kappa shape index (κ3) is 2.47. The lowest BCUT2D eigenvalue weighted by atomic mass is 10.0. The van der Waals surface area contributed by atoms with E-state index in [1.54, 1.807) is 0 Å². The van der Waals surface area contributed by atoms with Crippen molar-refractivity contribution >= 4 is 11.7 Å². The third-order valence-electron chi connectivity index (χ3n) is 4.05. The van der Waals surface area contributed by atoms with Gasteiger partial charge in [0.1, 0.15) is 0 Å². The molecule has 2 unspecified atom stereocenters. The number of hydrogen-bond donors (Lipinski definition) is 1. The van der Waals surface area contributed by atoms with E-state index < -0.39 is 11.5 Å². The average molecular weight is 279 g/mol. The predicted molar refractivity (Wildman–Crippen MR) is 82.7 cm³/mol. The number of aliphatic carboxylic acids is 1. The summed E-state index contributed by atoms with van der Waals surface area (Å²) in [7, 11) is 0. The number of aliphatic imine (C=N–C) groups is 1. The maximum Gasteiger partial charge on any atom is 0.331 e. The summed E-state index contributed by atoms with van der Waals surface area (Å²) in [6.45, 7) is 1.94. The molecule has 2 aromatic carbocycles. The lowest BCUT2D eigenvalue weighted by Crippen LogP contribution is -2.24. The molecule has 0 heterocycles. The molecule has 0 radical (unpaired) electrons. The molecule has 2 atom stereocenters. The number of rotatable bonds is 4. The number of carboxylic acid groups (broad SMARTS) is 1. The lowest BCUT2D eigenvalue weighted by molar-refractivity contribution is -0.139. The summed E-state index contributed by atoms with van der Waals surface area (Å²) in [5.74, 6) is -0.753. The molecule has 1 aliphatic carbocycles. The van der Waals surface area contributed by atoms with E-state index in [4.69, 9.17) is 0 Å². The molecule has 1 aliphatic rings. The summed E-state index contributed by atoms with van der Waals surface area (Å²) in [5, 5.41) is 9.51. The van der Waals surface area contributed by atoms with E-state index in [-0.39, 0.29) is 5.92 Å². The van der Waals surface area contributed by atoms with E-state index in [0.717, 1.165) is 16.8 Å². The molecular weight excluding hydrogens is 262 g/mol. The summed E-state index contributed by atoms with van der Waals surface area (Å²) >= 11 is 0. The van der Waals surface area contributed by atoms with E-state index in [1.165, 1.54) is 0 Å². The molecule has 0 aliphatic heterocycles. The van der Waals surface area contributed by atoms with Crippen molar-refractivity contribution in [2.75, 3.05) is 0 Å². The molecule has 21 heavy (non-hydrogen) atoms. The highest BCUT2D eigenvalue weighted by atomic mass is 16.4. The molecule has 106 valence electrons. The molecule has 0 bridgehead atoms. The Kier molecular flexibility index (Phi) is 3.34. The van der Waals surface area contributed by atoms with Crippen molar-refractivity contribution in [2.24, 2.45) is 10.9 Å². The van der Waals surface area contributed by atoms with Gasteiger partial charge in [0.2, 0.25) is 0 Å². The maximum absolute atomic E-state index is 11.6. The van der Waals surface area contributed by atoms with Crippen LogP contribution in [0.2, 0.25) is 0 Å². The van der Waals surface area contributed by atoms with Crippen LogP contribution in [0.1, 0.15) is 24.5 Å². The first kappa shape index (κ1) is 13.6. The van der Waals surface area contributed by atoms with Crippen molar-refractivity contribution in [2.45, 2.75) is 18.9 Å². The second kappa shape index (κ2) is 5.17. The smallest absolute Gasteiger partial charge is 0.331 e. The normalized spacial score (nSPS) is 23.4. The highest BCUT2D eigenvalue weighted by Crippen LogP contribution is 2.47. The minimum atomic E-state index is -0.957. The molecule has 0 amide bonds. The van der Waals surface area contributed by atoms with Crippen molar-refractivity contribution in [1.29, 1.82) is 0 Å². The summed E-state index contributed by atoms with van der Waals surface area (Å²) < 4.78 is 0. The fourth-order valence-corrected chi connectivity index (χ4v) is 2.60. The Labute approximate surface area is 124 Å². The zero-order chi connectivity index (χ0) is 14.9. The molecule has 1 fully saturated rings. The number of hydrogen-bond acceptors (Lipinski definition) is 2. The van der Waals surface area contributed by atoms with E-state index in [1.807, 2.05) is 67.6 Å². The summed E-state index contributed by atoms with van der Waals surface area (Å²) in [6.07, 6.45) is 0.603. The van der Waals surface area contributed by atoms with Crippen molar-refractivity contribution in [3.63, 3.8) is 0 Å². The Bertz CT molecular complexity index is 637. The first-order chi connectivity index (χ1) is 10.1. The molecule has 0 aromatic heterocycles. The second-order valence-corrected chi connectivity index (χ2v) is 5.53. The zero-order valence-corrected chi connectivity index (χ0v) is 11.9. The lowest BCUT2D eigenvalue weighted by Gasteiger charge is -2.12. The van der Waals surface area contributed by atoms with E-state index in [9.17, 15) is 9.90 Å². The fraction of sp³-hybridized carbons (Fsp3) is 0.222. The Hall–Kier alpha value is -2.42. The Morgan fingerprint density at radius 3 is 1.81 bits per heavy atom. The van der Waals surface area contributed by atoms with E-state index >= 15 is 0 Å². The van der Waals surface area contributed by atoms with Gasteiger partial charge in [-0.2, -0.15) is 0 Å². The van der Waals surface area contributed by atoms with Gasteiger partial charge in [0, 0.05) is 11.1 Å². The van der Waals surface area contributed by atoms with Crippen molar-refractivity contribution in [3.05, 3.63) is 71.8 Å². The average Bonchev–Trinajstić information content (AvgIpc) is 3.18. The first-order valence-electron chi connectivity index (χ1n) is 7.07. The predicted octanol–water partition coefficient (Wildman–Crippen LogP) is 3.39. The van der Waals surface area contributed by atoms with Gasteiger partial charge in [-0.25, -0.2) is 4.79 Å². The number of carboxylic acids is 1. The number of carbonyl (C=O) groups is 1. The van der Waals surface area contributed by atoms with Crippen LogP contribution in [0.5, 0.6) is 0 Å². The van der Waals surface area contributed by atoms with E-state index in [0.29, 0.717) is 6.42 Å². The minimum absolute atomic E-state index is 0.0809. The van der Waals surface area contributed by atoms with Crippen LogP contribution >= 0.6 is 0 Å². The monoisotopic (exact) mass is 279 g/mol. The van der Waals surface area contributed by atoms with Gasteiger partial charge in [0.15, 0.2) is 5.54 Å². The molecule has 1 N–H and O–H groups in total. The van der Waals surface area contributed by atoms with Crippen LogP contribution in [0.4, 0.5) is 0 Å². The summed E-state index contributed by atoms with van der Waals surface area (Å²) in [5.41, 5.74) is 1.69. The van der Waals surface area contributed by atoms with Gasteiger partial charge in [-0.15, -0.1) is 0 Å². The highest BCUT2D eigenvalue weighted by molar-refractivity contribution is 6.14. The third-order valence-corrected chi connectivity index (χ3v) is 4.05. The van der Waals surface area contributed by atoms with Gasteiger partial charge < -0.3 is 5.11 Å². The molecule has 1 saturated carbocycles. The molecule has 0 spiro atoms. The van der Waals surface area contributed by atoms with Gasteiger partial charge in [-0.05, 0) is 12.3 Å². The quantitative estimate of drug-likeness (QED) is 0.872. The Morgan fingerprint density at radius 1 is 1.05 bits per heavy atom. The molecule has 0 saturated heterocycles. The van der Waals surface area contributed by atoms with Crippen LogP contribution in [-0.4, -0.2) is 22.3 Å². The van der Waals surface area contributed by atoms with Gasteiger partial charge in [-0.1, -0.05) is 67.6 Å². The van der Waals surface area contributed by atoms with Crippen LogP contribution in [0.15, 0.2) is 65.7 Å². The van der Waals surface area contributed by atoms with Gasteiger partial charge in [0.05, 0.1) is 5.71 Å². The molecule has 2 aromatic rings. The van der Waals surface area contributed by atoms with Crippen molar-refractivity contribution in [3.8, 4) is 0 Å². The largest absolute Gasteiger partial charge is 0.479 e. The van der Waals surface area contributed by atoms with Crippen molar-refractivity contribution in [1.82, 2.24) is 0 Å². The zero-order valence-electron chi connectivity index (χ0n) is 11.9. The van der Waals surface area contributed by atoms with Crippen LogP contribution < -0.4 is 0 Å². The molecule has 3 rings (SSSR count). The second-order valence-electron chi connectivity index (χ2n) is 5.53. The molecule has 3 nitrogen and oxygen atoms in total. The van der Waals surface area contributed by atoms with Crippen LogP contribution in [0, 0.1) is 5.92 Å². The SMILES string of the molecule is CC1CC1(N=C(c1ccccc1)c1ccccc1)C(=O)O. The summed E-state index contributed by atoms with van der Waals surface area (Å²) in [6, 6.07) is 19.5. The fourth-order valence-electron chi connectivity index (χ4n) is 2.60. The molecular formula is C18H17NO2.